The van der Waals surface area contributed by atoms with Gasteiger partial charge in [-0.05, 0) is 12.1 Å². The summed E-state index contributed by atoms with van der Waals surface area (Å²) in [7, 11) is -5.03. The quantitative estimate of drug-likeness (QED) is 0.404. The van der Waals surface area contributed by atoms with Crippen LogP contribution in [-0.2, 0) is 10.0 Å². The first kappa shape index (κ1) is 15.5. The van der Waals surface area contributed by atoms with Crippen LogP contribution in [0, 0.1) is 29.1 Å². The Morgan fingerprint density at radius 2 is 1.26 bits per heavy atom. The minimum Gasteiger partial charge on any atom is -0.241 e. The molecule has 0 atom stereocenters. The summed E-state index contributed by atoms with van der Waals surface area (Å²) in [5.74, 6) is -11.9. The van der Waals surface area contributed by atoms with Crippen LogP contribution in [-0.4, -0.2) is 12.4 Å². The molecule has 3 nitrogen and oxygen atoms in total. The third-order valence-corrected chi connectivity index (χ3v) is 4.96. The number of para-hydroxylation sites is 1. The Morgan fingerprint density at radius 1 is 0.739 bits per heavy atom. The van der Waals surface area contributed by atoms with Crippen molar-refractivity contribution in [1.82, 2.24) is 3.97 Å². The van der Waals surface area contributed by atoms with E-state index in [1.807, 2.05) is 0 Å². The summed E-state index contributed by atoms with van der Waals surface area (Å²) in [4.78, 5) is -1.89. The van der Waals surface area contributed by atoms with Crippen LogP contribution in [0.2, 0.25) is 0 Å². The highest BCUT2D eigenvalue weighted by Gasteiger charge is 2.34. The van der Waals surface area contributed by atoms with Gasteiger partial charge in [0.25, 0.3) is 10.0 Å². The molecule has 1 aromatic heterocycles. The van der Waals surface area contributed by atoms with Gasteiger partial charge >= 0.3 is 0 Å². The monoisotopic (exact) mass is 347 g/mol. The predicted octanol–water partition coefficient (Wildman–Crippen LogP) is 3.57. The van der Waals surface area contributed by atoms with Gasteiger partial charge in [-0.15, -0.1) is 0 Å². The Hall–Kier alpha value is -2.42. The number of hydrogen-bond acceptors (Lipinski definition) is 2. The van der Waals surface area contributed by atoms with Crippen LogP contribution in [0.3, 0.4) is 0 Å². The van der Waals surface area contributed by atoms with Crippen molar-refractivity contribution in [3.05, 3.63) is 65.6 Å². The summed E-state index contributed by atoms with van der Waals surface area (Å²) in [6, 6.07) is 7.25. The summed E-state index contributed by atoms with van der Waals surface area (Å²) in [6.45, 7) is 0. The summed E-state index contributed by atoms with van der Waals surface area (Å²) in [5.41, 5.74) is 0.0384. The second-order valence-corrected chi connectivity index (χ2v) is 6.33. The number of nitrogens with zero attached hydrogens (tertiary/aromatic N) is 1. The molecule has 120 valence electrons. The standard InChI is InChI=1S/C14H6F5NO2S/c15-9-10(16)12(18)14(13(19)11(9)17)23(21,22)20-6-5-7-3-1-2-4-8(7)20/h1-6H. The molecule has 3 aromatic rings. The van der Waals surface area contributed by atoms with E-state index >= 15 is 0 Å². The zero-order valence-corrected chi connectivity index (χ0v) is 11.8. The van der Waals surface area contributed by atoms with E-state index in [0.29, 0.717) is 9.36 Å². The Labute approximate surface area is 126 Å². The van der Waals surface area contributed by atoms with Gasteiger partial charge in [0.05, 0.1) is 5.52 Å². The molecule has 2 aromatic carbocycles. The Balaban J connectivity index is 2.38. The van der Waals surface area contributed by atoms with Crippen LogP contribution in [0.5, 0.6) is 0 Å². The topological polar surface area (TPSA) is 39.1 Å². The lowest BCUT2D eigenvalue weighted by atomic mass is 10.3. The smallest absolute Gasteiger partial charge is 0.241 e. The van der Waals surface area contributed by atoms with E-state index in [0.717, 1.165) is 6.20 Å². The van der Waals surface area contributed by atoms with E-state index in [1.54, 1.807) is 6.07 Å². The molecule has 0 aliphatic heterocycles. The molecule has 0 unspecified atom stereocenters. The highest BCUT2D eigenvalue weighted by Crippen LogP contribution is 2.30. The Kier molecular flexibility index (Phi) is 3.40. The van der Waals surface area contributed by atoms with Crippen molar-refractivity contribution >= 4 is 20.9 Å². The van der Waals surface area contributed by atoms with Crippen molar-refractivity contribution < 1.29 is 30.4 Å². The molecule has 0 amide bonds. The third kappa shape index (κ3) is 2.11. The van der Waals surface area contributed by atoms with Crippen LogP contribution in [0.25, 0.3) is 10.9 Å². The zero-order chi connectivity index (χ0) is 16.9. The van der Waals surface area contributed by atoms with Gasteiger partial charge in [-0.25, -0.2) is 34.3 Å². The first-order chi connectivity index (χ1) is 10.8. The van der Waals surface area contributed by atoms with E-state index in [9.17, 15) is 30.4 Å². The highest BCUT2D eigenvalue weighted by atomic mass is 32.2. The number of rotatable bonds is 2. The molecule has 3 rings (SSSR count). The molecule has 0 N–H and O–H groups in total. The number of fused-ring (bicyclic) bond motifs is 1. The van der Waals surface area contributed by atoms with Gasteiger partial charge in [-0.3, -0.25) is 0 Å². The van der Waals surface area contributed by atoms with Gasteiger partial charge in [0.1, 0.15) is 0 Å². The SMILES string of the molecule is O=S(=O)(c1c(F)c(F)c(F)c(F)c1F)n1ccc2ccccc21. The predicted molar refractivity (Wildman–Crippen MR) is 70.8 cm³/mol. The summed E-state index contributed by atoms with van der Waals surface area (Å²) < 4.78 is 92.4. The Bertz CT molecular complexity index is 1010. The molecule has 0 fully saturated rings. The van der Waals surface area contributed by atoms with Crippen molar-refractivity contribution in [1.29, 1.82) is 0 Å². The highest BCUT2D eigenvalue weighted by molar-refractivity contribution is 7.90. The van der Waals surface area contributed by atoms with Gasteiger partial charge in [0.2, 0.25) is 5.82 Å². The maximum Gasteiger partial charge on any atom is 0.274 e. The Morgan fingerprint density at radius 3 is 1.87 bits per heavy atom. The van der Waals surface area contributed by atoms with Crippen LogP contribution in [0.15, 0.2) is 41.4 Å². The van der Waals surface area contributed by atoms with Crippen molar-refractivity contribution in [2.75, 3.05) is 0 Å². The average Bonchev–Trinajstić information content (AvgIpc) is 2.96. The number of benzene rings is 2. The molecular formula is C14H6F5NO2S. The second-order valence-electron chi connectivity index (χ2n) is 4.57. The van der Waals surface area contributed by atoms with Crippen LogP contribution < -0.4 is 0 Å². The lowest BCUT2D eigenvalue weighted by Crippen LogP contribution is -2.18. The molecule has 0 spiro atoms. The average molecular weight is 347 g/mol. The first-order valence-corrected chi connectivity index (χ1v) is 7.54. The van der Waals surface area contributed by atoms with E-state index < -0.39 is 44.0 Å². The fraction of sp³-hybridized carbons (Fsp3) is 0. The van der Waals surface area contributed by atoms with Crippen LogP contribution in [0.1, 0.15) is 0 Å². The maximum atomic E-state index is 13.8. The summed E-state index contributed by atoms with van der Waals surface area (Å²) in [5, 5.41) is 0.417. The molecule has 0 aliphatic carbocycles. The zero-order valence-electron chi connectivity index (χ0n) is 11.0. The largest absolute Gasteiger partial charge is 0.274 e. The lowest BCUT2D eigenvalue weighted by molar-refractivity contribution is 0.357. The van der Waals surface area contributed by atoms with Crippen molar-refractivity contribution in [3.8, 4) is 0 Å². The van der Waals surface area contributed by atoms with E-state index in [-0.39, 0.29) is 5.52 Å². The van der Waals surface area contributed by atoms with E-state index in [4.69, 9.17) is 0 Å². The van der Waals surface area contributed by atoms with Gasteiger partial charge < -0.3 is 0 Å². The number of hydrogen-bond donors (Lipinski definition) is 0. The van der Waals surface area contributed by atoms with E-state index in [2.05, 4.69) is 0 Å². The lowest BCUT2D eigenvalue weighted by Gasteiger charge is -2.11. The summed E-state index contributed by atoms with van der Waals surface area (Å²) in [6.07, 6.45) is 0.970. The minimum absolute atomic E-state index is 0.0384. The minimum atomic E-state index is -5.03. The van der Waals surface area contributed by atoms with Crippen molar-refractivity contribution in [2.24, 2.45) is 0 Å². The fourth-order valence-electron chi connectivity index (χ4n) is 2.18. The van der Waals surface area contributed by atoms with E-state index in [1.165, 1.54) is 24.3 Å². The molecule has 23 heavy (non-hydrogen) atoms. The second kappa shape index (κ2) is 5.05. The van der Waals surface area contributed by atoms with Crippen molar-refractivity contribution in [3.63, 3.8) is 0 Å². The van der Waals surface area contributed by atoms with Crippen molar-refractivity contribution in [2.45, 2.75) is 4.90 Å². The molecule has 0 bridgehead atoms. The molecule has 0 saturated heterocycles. The fourth-order valence-corrected chi connectivity index (χ4v) is 3.65. The summed E-state index contributed by atoms with van der Waals surface area (Å²) >= 11 is 0. The van der Waals surface area contributed by atoms with Crippen LogP contribution in [0.4, 0.5) is 22.0 Å². The molecule has 0 saturated carbocycles. The first-order valence-electron chi connectivity index (χ1n) is 6.10. The van der Waals surface area contributed by atoms with Gasteiger partial charge in [0, 0.05) is 11.6 Å². The third-order valence-electron chi connectivity index (χ3n) is 3.25. The van der Waals surface area contributed by atoms with Gasteiger partial charge in [0.15, 0.2) is 28.2 Å². The van der Waals surface area contributed by atoms with Crippen LogP contribution >= 0.6 is 0 Å². The molecule has 0 aliphatic rings. The molecular weight excluding hydrogens is 341 g/mol. The number of halogens is 5. The molecule has 1 heterocycles. The van der Waals surface area contributed by atoms with Gasteiger partial charge in [-0.1, -0.05) is 18.2 Å². The molecule has 9 heteroatoms. The molecule has 0 radical (unpaired) electrons. The van der Waals surface area contributed by atoms with Gasteiger partial charge in [-0.2, -0.15) is 0 Å². The number of aromatic nitrogens is 1. The normalized spacial score (nSPS) is 12.0. The maximum absolute atomic E-state index is 13.8.